The molecule has 3 rings (SSSR count). The maximum atomic E-state index is 12.6. The van der Waals surface area contributed by atoms with Gasteiger partial charge in [-0.2, -0.15) is 0 Å². The molecule has 0 aliphatic heterocycles. The number of ether oxygens (including phenoxy) is 2. The van der Waals surface area contributed by atoms with E-state index in [9.17, 15) is 13.2 Å². The number of aromatic nitrogens is 2. The Morgan fingerprint density at radius 1 is 1.21 bits per heavy atom. The fourth-order valence-electron chi connectivity index (χ4n) is 2.09. The Balaban J connectivity index is 0.00000208. The average molecular weight is 380 g/mol. The maximum Gasteiger partial charge on any atom is 0.573 e. The Morgan fingerprint density at radius 3 is 2.62 bits per heavy atom. The molecular formula is C14H13ClF3N3O2S. The fraction of sp³-hybridized carbons (Fsp3) is 0.214. The molecule has 130 valence electrons. The second-order valence-corrected chi connectivity index (χ2v) is 5.42. The number of fused-ring (bicyclic) bond motifs is 1. The Kier molecular flexibility index (Phi) is 5.58. The van der Waals surface area contributed by atoms with E-state index < -0.39 is 12.1 Å². The summed E-state index contributed by atoms with van der Waals surface area (Å²) < 4.78 is 47.3. The summed E-state index contributed by atoms with van der Waals surface area (Å²) in [6.45, 7) is 0.298. The van der Waals surface area contributed by atoms with Crippen LogP contribution < -0.4 is 15.2 Å². The molecule has 0 atom stereocenters. The molecule has 0 saturated heterocycles. The second kappa shape index (κ2) is 7.29. The highest BCUT2D eigenvalue weighted by Gasteiger charge is 2.32. The highest BCUT2D eigenvalue weighted by atomic mass is 35.5. The van der Waals surface area contributed by atoms with Crippen molar-refractivity contribution in [2.24, 2.45) is 5.73 Å². The number of halogens is 4. The van der Waals surface area contributed by atoms with Crippen molar-refractivity contribution in [3.05, 3.63) is 40.5 Å². The van der Waals surface area contributed by atoms with E-state index in [-0.39, 0.29) is 31.3 Å². The van der Waals surface area contributed by atoms with Crippen molar-refractivity contribution in [2.45, 2.75) is 19.5 Å². The van der Waals surface area contributed by atoms with Crippen LogP contribution in [0.2, 0.25) is 0 Å². The van der Waals surface area contributed by atoms with Gasteiger partial charge in [-0.3, -0.25) is 0 Å². The van der Waals surface area contributed by atoms with Crippen LogP contribution in [0.3, 0.4) is 0 Å². The van der Waals surface area contributed by atoms with Gasteiger partial charge in [0.2, 0.25) is 0 Å². The molecular weight excluding hydrogens is 367 g/mol. The summed E-state index contributed by atoms with van der Waals surface area (Å²) in [4.78, 5) is 7.03. The van der Waals surface area contributed by atoms with Crippen molar-refractivity contribution in [2.75, 3.05) is 0 Å². The van der Waals surface area contributed by atoms with Crippen LogP contribution in [0.25, 0.3) is 10.9 Å². The molecule has 0 unspecified atom stereocenters. The molecule has 2 heterocycles. The molecule has 0 aliphatic rings. The molecule has 0 fully saturated rings. The standard InChI is InChI=1S/C14H12F3N3O2S.ClH/c15-14(16,17)22-13-2-8-1-9(4-18)20-11(8)3-12(13)21-5-10-6-23-7-19-10;/h1-3,6-7,20H,4-5,18H2;1H. The van der Waals surface area contributed by atoms with Gasteiger partial charge in [-0.05, 0) is 12.1 Å². The van der Waals surface area contributed by atoms with E-state index >= 15 is 0 Å². The van der Waals surface area contributed by atoms with Crippen LogP contribution in [0.15, 0.2) is 29.1 Å². The van der Waals surface area contributed by atoms with Crippen molar-refractivity contribution in [3.8, 4) is 11.5 Å². The SMILES string of the molecule is Cl.NCc1cc2cc(OC(F)(F)F)c(OCc3cscn3)cc2[nH]1. The Labute approximate surface area is 145 Å². The zero-order valence-corrected chi connectivity index (χ0v) is 13.7. The number of nitrogens with zero attached hydrogens (tertiary/aromatic N) is 1. The molecule has 2 aromatic heterocycles. The van der Waals surface area contributed by atoms with E-state index in [1.54, 1.807) is 17.0 Å². The molecule has 3 aromatic rings. The van der Waals surface area contributed by atoms with Gasteiger partial charge in [-0.15, -0.1) is 36.9 Å². The zero-order valence-electron chi connectivity index (χ0n) is 12.1. The summed E-state index contributed by atoms with van der Waals surface area (Å²) in [7, 11) is 0. The lowest BCUT2D eigenvalue weighted by atomic mass is 10.2. The van der Waals surface area contributed by atoms with Gasteiger partial charge < -0.3 is 20.2 Å². The largest absolute Gasteiger partial charge is 0.573 e. The minimum atomic E-state index is -4.81. The van der Waals surface area contributed by atoms with Crippen molar-refractivity contribution >= 4 is 34.6 Å². The number of nitrogens with one attached hydrogen (secondary N) is 1. The average Bonchev–Trinajstić information content (AvgIpc) is 3.11. The number of thiazole rings is 1. The molecule has 0 saturated carbocycles. The number of nitrogens with two attached hydrogens (primary N) is 1. The van der Waals surface area contributed by atoms with Crippen LogP contribution in [-0.2, 0) is 13.2 Å². The van der Waals surface area contributed by atoms with E-state index in [4.69, 9.17) is 10.5 Å². The molecule has 0 radical (unpaired) electrons. The normalized spacial score (nSPS) is 11.3. The van der Waals surface area contributed by atoms with Crippen LogP contribution in [0.5, 0.6) is 11.5 Å². The summed E-state index contributed by atoms with van der Waals surface area (Å²) in [5.74, 6) is -0.420. The number of aromatic amines is 1. The minimum absolute atomic E-state index is 0. The summed E-state index contributed by atoms with van der Waals surface area (Å²) >= 11 is 1.38. The van der Waals surface area contributed by atoms with E-state index in [1.165, 1.54) is 23.5 Å². The van der Waals surface area contributed by atoms with Crippen molar-refractivity contribution in [1.82, 2.24) is 9.97 Å². The number of rotatable bonds is 5. The lowest BCUT2D eigenvalue weighted by Gasteiger charge is -2.14. The van der Waals surface area contributed by atoms with Crippen molar-refractivity contribution in [1.29, 1.82) is 0 Å². The lowest BCUT2D eigenvalue weighted by Crippen LogP contribution is -2.17. The minimum Gasteiger partial charge on any atom is -0.483 e. The first kappa shape index (κ1) is 18.4. The van der Waals surface area contributed by atoms with Crippen molar-refractivity contribution < 1.29 is 22.6 Å². The summed E-state index contributed by atoms with van der Waals surface area (Å²) in [5, 5.41) is 2.31. The van der Waals surface area contributed by atoms with Gasteiger partial charge in [0, 0.05) is 34.6 Å². The Hall–Kier alpha value is -1.97. The van der Waals surface area contributed by atoms with Crippen LogP contribution in [0.1, 0.15) is 11.4 Å². The van der Waals surface area contributed by atoms with Crippen LogP contribution in [-0.4, -0.2) is 16.3 Å². The van der Waals surface area contributed by atoms with Gasteiger partial charge in [0.15, 0.2) is 11.5 Å². The molecule has 3 N–H and O–H groups in total. The van der Waals surface area contributed by atoms with Gasteiger partial charge >= 0.3 is 6.36 Å². The second-order valence-electron chi connectivity index (χ2n) is 4.70. The summed E-state index contributed by atoms with van der Waals surface area (Å²) in [5.41, 5.74) is 9.10. The maximum absolute atomic E-state index is 12.6. The monoisotopic (exact) mass is 379 g/mol. The first-order chi connectivity index (χ1) is 10.9. The van der Waals surface area contributed by atoms with Crippen LogP contribution >= 0.6 is 23.7 Å². The number of benzene rings is 1. The molecule has 5 nitrogen and oxygen atoms in total. The third-order valence-corrected chi connectivity index (χ3v) is 3.68. The molecule has 0 bridgehead atoms. The number of hydrogen-bond donors (Lipinski definition) is 2. The molecule has 24 heavy (non-hydrogen) atoms. The Morgan fingerprint density at radius 2 is 2.00 bits per heavy atom. The topological polar surface area (TPSA) is 73.2 Å². The van der Waals surface area contributed by atoms with E-state index in [2.05, 4.69) is 14.7 Å². The first-order valence-electron chi connectivity index (χ1n) is 6.56. The number of hydrogen-bond acceptors (Lipinski definition) is 5. The van der Waals surface area contributed by atoms with Gasteiger partial charge in [-0.1, -0.05) is 0 Å². The quantitative estimate of drug-likeness (QED) is 0.703. The van der Waals surface area contributed by atoms with Crippen molar-refractivity contribution in [3.63, 3.8) is 0 Å². The van der Waals surface area contributed by atoms with E-state index in [0.717, 1.165) is 0 Å². The Bertz CT molecular complexity index is 806. The molecule has 0 spiro atoms. The summed E-state index contributed by atoms with van der Waals surface area (Å²) in [6, 6.07) is 4.40. The van der Waals surface area contributed by atoms with E-state index in [1.807, 2.05) is 0 Å². The molecule has 1 aromatic carbocycles. The van der Waals surface area contributed by atoms with Crippen LogP contribution in [0.4, 0.5) is 13.2 Å². The highest BCUT2D eigenvalue weighted by molar-refractivity contribution is 7.07. The van der Waals surface area contributed by atoms with Gasteiger partial charge in [0.1, 0.15) is 6.61 Å². The van der Waals surface area contributed by atoms with Gasteiger partial charge in [0.05, 0.1) is 11.2 Å². The third-order valence-electron chi connectivity index (χ3n) is 3.05. The summed E-state index contributed by atoms with van der Waals surface area (Å²) in [6.07, 6.45) is -4.81. The number of H-pyrrole nitrogens is 1. The molecule has 0 amide bonds. The zero-order chi connectivity index (χ0) is 16.4. The molecule has 0 aliphatic carbocycles. The highest BCUT2D eigenvalue weighted by Crippen LogP contribution is 2.36. The fourth-order valence-corrected chi connectivity index (χ4v) is 2.63. The third kappa shape index (κ3) is 4.31. The number of alkyl halides is 3. The van der Waals surface area contributed by atoms with Gasteiger partial charge in [-0.25, -0.2) is 4.98 Å². The lowest BCUT2D eigenvalue weighted by molar-refractivity contribution is -0.275. The first-order valence-corrected chi connectivity index (χ1v) is 7.50. The predicted octanol–water partition coefficient (Wildman–Crippen LogP) is 3.98. The van der Waals surface area contributed by atoms with Crippen LogP contribution in [0, 0.1) is 0 Å². The molecule has 10 heteroatoms. The smallest absolute Gasteiger partial charge is 0.483 e. The predicted molar refractivity (Wildman–Crippen MR) is 86.6 cm³/mol. The van der Waals surface area contributed by atoms with E-state index in [0.29, 0.717) is 22.3 Å². The van der Waals surface area contributed by atoms with Gasteiger partial charge in [0.25, 0.3) is 0 Å².